The molecule has 2 aromatic rings. The summed E-state index contributed by atoms with van der Waals surface area (Å²) in [5.74, 6) is -0.0570. The lowest BCUT2D eigenvalue weighted by Gasteiger charge is -2.29. The first kappa shape index (κ1) is 15.9. The van der Waals surface area contributed by atoms with Crippen LogP contribution in [0.5, 0.6) is 0 Å². The van der Waals surface area contributed by atoms with Gasteiger partial charge in [-0.25, -0.2) is 0 Å². The van der Waals surface area contributed by atoms with Gasteiger partial charge in [0.15, 0.2) is 0 Å². The molecule has 1 atom stereocenters. The van der Waals surface area contributed by atoms with Crippen LogP contribution in [0.1, 0.15) is 37.7 Å². The molecule has 122 valence electrons. The van der Waals surface area contributed by atoms with Crippen LogP contribution in [-0.2, 0) is 11.3 Å². The third kappa shape index (κ3) is 3.70. The quantitative estimate of drug-likeness (QED) is 0.943. The maximum atomic E-state index is 12.5. The monoisotopic (exact) mass is 312 g/mol. The van der Waals surface area contributed by atoms with Gasteiger partial charge >= 0.3 is 0 Å². The zero-order chi connectivity index (χ0) is 16.2. The van der Waals surface area contributed by atoms with Gasteiger partial charge in [-0.05, 0) is 36.5 Å². The number of hydrogen-bond donors (Lipinski definition) is 1. The van der Waals surface area contributed by atoms with E-state index in [4.69, 9.17) is 0 Å². The van der Waals surface area contributed by atoms with E-state index in [0.717, 1.165) is 42.1 Å². The summed E-state index contributed by atoms with van der Waals surface area (Å²) in [7, 11) is 1.75. The summed E-state index contributed by atoms with van der Waals surface area (Å²) in [6, 6.07) is 9.99. The van der Waals surface area contributed by atoms with Crippen molar-refractivity contribution in [3.63, 3.8) is 0 Å². The topological polar surface area (TPSA) is 53.4 Å². The highest BCUT2D eigenvalue weighted by atomic mass is 16.3. The van der Waals surface area contributed by atoms with Crippen LogP contribution in [0.3, 0.4) is 0 Å². The molecule has 0 spiro atoms. The van der Waals surface area contributed by atoms with Crippen molar-refractivity contribution >= 4 is 16.8 Å². The number of benzene rings is 1. The molecule has 1 saturated carbocycles. The Morgan fingerprint density at radius 3 is 2.83 bits per heavy atom. The summed E-state index contributed by atoms with van der Waals surface area (Å²) in [4.78, 5) is 18.5. The molecule has 4 nitrogen and oxygen atoms in total. The van der Waals surface area contributed by atoms with Crippen molar-refractivity contribution in [1.82, 2.24) is 9.88 Å². The van der Waals surface area contributed by atoms with Crippen LogP contribution >= 0.6 is 0 Å². The molecule has 1 heterocycles. The Balaban J connectivity index is 1.66. The second kappa shape index (κ2) is 7.09. The van der Waals surface area contributed by atoms with Crippen LogP contribution in [0.2, 0.25) is 0 Å². The molecule has 0 aliphatic heterocycles. The minimum atomic E-state index is -0.867. The third-order valence-corrected chi connectivity index (χ3v) is 4.79. The molecule has 0 unspecified atom stereocenters. The highest BCUT2D eigenvalue weighted by Gasteiger charge is 2.29. The number of hydrogen-bond acceptors (Lipinski definition) is 3. The first-order chi connectivity index (χ1) is 11.1. The lowest BCUT2D eigenvalue weighted by molar-refractivity contribution is -0.143. The molecule has 23 heavy (non-hydrogen) atoms. The summed E-state index contributed by atoms with van der Waals surface area (Å²) in [5, 5.41) is 11.4. The van der Waals surface area contributed by atoms with E-state index in [0.29, 0.717) is 6.54 Å². The summed E-state index contributed by atoms with van der Waals surface area (Å²) < 4.78 is 0. The number of carbonyl (C=O) groups excluding carboxylic acids is 1. The normalized spacial score (nSPS) is 17.1. The van der Waals surface area contributed by atoms with Gasteiger partial charge in [0.25, 0.3) is 5.91 Å². The Morgan fingerprint density at radius 2 is 2.04 bits per heavy atom. The average molecular weight is 312 g/mol. The van der Waals surface area contributed by atoms with Gasteiger partial charge in [0, 0.05) is 25.2 Å². The molecule has 1 aliphatic rings. The van der Waals surface area contributed by atoms with Crippen LogP contribution in [0.4, 0.5) is 0 Å². The minimum Gasteiger partial charge on any atom is -0.383 e. The van der Waals surface area contributed by atoms with Gasteiger partial charge in [-0.1, -0.05) is 37.5 Å². The van der Waals surface area contributed by atoms with Crippen molar-refractivity contribution in [2.75, 3.05) is 7.05 Å². The van der Waals surface area contributed by atoms with Crippen molar-refractivity contribution in [2.45, 2.75) is 44.8 Å². The standard InChI is InChI=1S/C19H24N2O2/c1-21(19(23)18(22)15-7-3-2-4-8-15)13-14-11-16-9-5-6-10-17(16)20-12-14/h5-6,9-12,15,18,22H,2-4,7-8,13H2,1H3/t18-/m1/s1. The van der Waals surface area contributed by atoms with Crippen molar-refractivity contribution in [2.24, 2.45) is 5.92 Å². The summed E-state index contributed by atoms with van der Waals surface area (Å²) in [5.41, 5.74) is 1.93. The van der Waals surface area contributed by atoms with Crippen molar-refractivity contribution in [3.05, 3.63) is 42.1 Å². The number of aliphatic hydroxyl groups is 1. The van der Waals surface area contributed by atoms with Crippen molar-refractivity contribution < 1.29 is 9.90 Å². The lowest BCUT2D eigenvalue weighted by Crippen LogP contribution is -2.40. The molecule has 1 aliphatic carbocycles. The number of aliphatic hydroxyl groups excluding tert-OH is 1. The number of likely N-dealkylation sites (N-methyl/N-ethyl adjacent to an activating group) is 1. The van der Waals surface area contributed by atoms with Crippen LogP contribution in [-0.4, -0.2) is 34.0 Å². The second-order valence-electron chi connectivity index (χ2n) is 6.57. The second-order valence-corrected chi connectivity index (χ2v) is 6.57. The van der Waals surface area contributed by atoms with Crippen molar-refractivity contribution in [3.8, 4) is 0 Å². The first-order valence-electron chi connectivity index (χ1n) is 8.42. The predicted octanol–water partition coefficient (Wildman–Crippen LogP) is 3.13. The summed E-state index contributed by atoms with van der Waals surface area (Å²) in [6.45, 7) is 0.473. The highest BCUT2D eigenvalue weighted by molar-refractivity contribution is 5.81. The van der Waals surface area contributed by atoms with Gasteiger partial charge in [-0.2, -0.15) is 0 Å². The van der Waals surface area contributed by atoms with Crippen LogP contribution in [0, 0.1) is 5.92 Å². The summed E-state index contributed by atoms with van der Waals surface area (Å²) >= 11 is 0. The first-order valence-corrected chi connectivity index (χ1v) is 8.42. The van der Waals surface area contributed by atoms with Crippen molar-refractivity contribution in [1.29, 1.82) is 0 Å². The molecule has 0 saturated heterocycles. The van der Waals surface area contributed by atoms with E-state index in [1.807, 2.05) is 24.3 Å². The number of rotatable bonds is 4. The van der Waals surface area contributed by atoms with Crippen LogP contribution < -0.4 is 0 Å². The molecule has 1 N–H and O–H groups in total. The van der Waals surface area contributed by atoms with Gasteiger partial charge in [0.1, 0.15) is 6.10 Å². The molecular formula is C19H24N2O2. The smallest absolute Gasteiger partial charge is 0.251 e. The van der Waals surface area contributed by atoms with E-state index in [2.05, 4.69) is 11.1 Å². The lowest BCUT2D eigenvalue weighted by atomic mass is 9.85. The maximum absolute atomic E-state index is 12.5. The average Bonchev–Trinajstić information content (AvgIpc) is 2.61. The van der Waals surface area contributed by atoms with Crippen LogP contribution in [0.15, 0.2) is 36.5 Å². The van der Waals surface area contributed by atoms with Gasteiger partial charge in [0.2, 0.25) is 0 Å². The molecule has 0 radical (unpaired) electrons. The van der Waals surface area contributed by atoms with Gasteiger partial charge in [-0.15, -0.1) is 0 Å². The third-order valence-electron chi connectivity index (χ3n) is 4.79. The highest BCUT2D eigenvalue weighted by Crippen LogP contribution is 2.27. The number of aromatic nitrogens is 1. The number of pyridine rings is 1. The van der Waals surface area contributed by atoms with E-state index < -0.39 is 6.10 Å². The molecule has 1 amide bonds. The Hall–Kier alpha value is -1.94. The number of nitrogens with zero attached hydrogens (tertiary/aromatic N) is 2. The van der Waals surface area contributed by atoms with Gasteiger partial charge < -0.3 is 10.0 Å². The van der Waals surface area contributed by atoms with E-state index in [-0.39, 0.29) is 11.8 Å². The number of para-hydroxylation sites is 1. The fourth-order valence-corrected chi connectivity index (χ4v) is 3.43. The molecule has 0 bridgehead atoms. The van der Waals surface area contributed by atoms with Crippen LogP contribution in [0.25, 0.3) is 10.9 Å². The van der Waals surface area contributed by atoms with E-state index in [1.165, 1.54) is 6.42 Å². The molecule has 1 fully saturated rings. The largest absolute Gasteiger partial charge is 0.383 e. The van der Waals surface area contributed by atoms with Gasteiger partial charge in [-0.3, -0.25) is 9.78 Å². The Bertz CT molecular complexity index is 680. The van der Waals surface area contributed by atoms with E-state index in [9.17, 15) is 9.90 Å². The molecule has 1 aromatic heterocycles. The SMILES string of the molecule is CN(Cc1cnc2ccccc2c1)C(=O)[C@H](O)C1CCCCC1. The number of carbonyl (C=O) groups is 1. The van der Waals surface area contributed by atoms with Gasteiger partial charge in [0.05, 0.1) is 5.52 Å². The number of amides is 1. The molecular weight excluding hydrogens is 288 g/mol. The predicted molar refractivity (Wildman–Crippen MR) is 90.8 cm³/mol. The minimum absolute atomic E-state index is 0.119. The van der Waals surface area contributed by atoms with E-state index >= 15 is 0 Å². The fourth-order valence-electron chi connectivity index (χ4n) is 3.43. The van der Waals surface area contributed by atoms with E-state index in [1.54, 1.807) is 18.1 Å². The molecule has 1 aromatic carbocycles. The summed E-state index contributed by atoms with van der Waals surface area (Å²) in [6.07, 6.45) is 6.31. The number of fused-ring (bicyclic) bond motifs is 1. The maximum Gasteiger partial charge on any atom is 0.251 e. The Kier molecular flexibility index (Phi) is 4.91. The zero-order valence-corrected chi connectivity index (χ0v) is 13.6. The Morgan fingerprint density at radius 1 is 1.30 bits per heavy atom. The Labute approximate surface area is 137 Å². The fraction of sp³-hybridized carbons (Fsp3) is 0.474. The molecule has 3 rings (SSSR count). The molecule has 4 heteroatoms. The zero-order valence-electron chi connectivity index (χ0n) is 13.6.